The van der Waals surface area contributed by atoms with Crippen LogP contribution in [0.5, 0.6) is 0 Å². The molecule has 138 valence electrons. The fourth-order valence-corrected chi connectivity index (χ4v) is 5.83. The lowest BCUT2D eigenvalue weighted by Gasteiger charge is -2.22. The van der Waals surface area contributed by atoms with Gasteiger partial charge in [-0.2, -0.15) is 0 Å². The van der Waals surface area contributed by atoms with Crippen LogP contribution in [-0.2, 0) is 20.9 Å². The molecule has 1 aliphatic heterocycles. The minimum absolute atomic E-state index is 0.150. The average molecular weight is 380 g/mol. The average Bonchev–Trinajstić information content (AvgIpc) is 3.42. The molecule has 4 unspecified atom stereocenters. The number of likely N-dealkylation sites (N-methyl/N-ethyl adjacent to an activating group) is 1. The van der Waals surface area contributed by atoms with Gasteiger partial charge >= 0.3 is 0 Å². The number of rotatable bonds is 4. The number of likely N-dealkylation sites (tertiary alicyclic amines) is 1. The number of imide groups is 1. The first kappa shape index (κ1) is 16.7. The van der Waals surface area contributed by atoms with Crippen LogP contribution >= 0.6 is 11.3 Å². The van der Waals surface area contributed by atoms with E-state index in [0.29, 0.717) is 6.54 Å². The number of nitrogens with zero attached hydrogens (tertiary/aromatic N) is 2. The number of fused-ring (bicyclic) bond motifs is 6. The Balaban J connectivity index is 1.29. The summed E-state index contributed by atoms with van der Waals surface area (Å²) >= 11 is 1.66. The molecule has 1 aromatic heterocycles. The van der Waals surface area contributed by atoms with Crippen molar-refractivity contribution in [3.63, 3.8) is 0 Å². The molecule has 5 nitrogen and oxygen atoms in total. The Morgan fingerprint density at radius 3 is 2.52 bits per heavy atom. The van der Waals surface area contributed by atoms with Crippen LogP contribution in [0.3, 0.4) is 0 Å². The van der Waals surface area contributed by atoms with Crippen molar-refractivity contribution in [3.8, 4) is 0 Å². The number of hydrogen-bond donors (Lipinski definition) is 0. The first-order chi connectivity index (χ1) is 13.0. The van der Waals surface area contributed by atoms with Crippen LogP contribution in [0.25, 0.3) is 10.1 Å². The number of amides is 3. The molecule has 2 heterocycles. The first-order valence-corrected chi connectivity index (χ1v) is 10.1. The van der Waals surface area contributed by atoms with Crippen molar-refractivity contribution in [2.24, 2.45) is 23.7 Å². The van der Waals surface area contributed by atoms with Crippen LogP contribution in [0.15, 0.2) is 41.8 Å². The fraction of sp³-hybridized carbons (Fsp3) is 0.381. The molecule has 4 atom stereocenters. The van der Waals surface area contributed by atoms with Gasteiger partial charge < -0.3 is 4.90 Å². The van der Waals surface area contributed by atoms with E-state index in [2.05, 4.69) is 29.7 Å². The summed E-state index contributed by atoms with van der Waals surface area (Å²) in [6.45, 7) is 0.321. The lowest BCUT2D eigenvalue weighted by atomic mass is 9.85. The number of thiophene rings is 1. The Labute approximate surface area is 161 Å². The van der Waals surface area contributed by atoms with Crippen LogP contribution in [0.4, 0.5) is 0 Å². The van der Waals surface area contributed by atoms with E-state index in [1.807, 2.05) is 12.1 Å². The van der Waals surface area contributed by atoms with E-state index in [9.17, 15) is 14.4 Å². The standard InChI is InChI=1S/C21H20N2O3S/c1-22(9-14-11-27-16-5-3-2-4-15(14)16)17(24)10-23-20(25)18-12-6-7-13(8-12)19(18)21(23)26/h2-7,11-13,18-19H,8-10H2,1H3. The third-order valence-corrected chi connectivity index (χ3v) is 7.26. The summed E-state index contributed by atoms with van der Waals surface area (Å²) < 4.78 is 1.19. The van der Waals surface area contributed by atoms with Crippen molar-refractivity contribution < 1.29 is 14.4 Å². The molecule has 1 saturated heterocycles. The molecule has 1 aromatic carbocycles. The zero-order valence-corrected chi connectivity index (χ0v) is 15.8. The smallest absolute Gasteiger partial charge is 0.242 e. The maximum atomic E-state index is 12.7. The maximum Gasteiger partial charge on any atom is 0.242 e. The first-order valence-electron chi connectivity index (χ1n) is 9.27. The van der Waals surface area contributed by atoms with Gasteiger partial charge in [0, 0.05) is 18.3 Å². The van der Waals surface area contributed by atoms with E-state index in [0.717, 1.165) is 17.4 Å². The van der Waals surface area contributed by atoms with Crippen molar-refractivity contribution in [1.29, 1.82) is 0 Å². The van der Waals surface area contributed by atoms with E-state index in [4.69, 9.17) is 0 Å². The molecule has 5 rings (SSSR count). The quantitative estimate of drug-likeness (QED) is 0.605. The van der Waals surface area contributed by atoms with Crippen molar-refractivity contribution in [2.75, 3.05) is 13.6 Å². The van der Waals surface area contributed by atoms with E-state index < -0.39 is 0 Å². The Bertz CT molecular complexity index is 964. The Morgan fingerprint density at radius 1 is 1.15 bits per heavy atom. The third-order valence-electron chi connectivity index (χ3n) is 6.25. The molecule has 2 bridgehead atoms. The second-order valence-corrected chi connectivity index (χ2v) is 8.68. The predicted octanol–water partition coefficient (Wildman–Crippen LogP) is 2.67. The van der Waals surface area contributed by atoms with Gasteiger partial charge in [-0.3, -0.25) is 19.3 Å². The van der Waals surface area contributed by atoms with E-state index in [-0.39, 0.29) is 47.9 Å². The second-order valence-electron chi connectivity index (χ2n) is 7.77. The number of hydrogen-bond acceptors (Lipinski definition) is 4. The van der Waals surface area contributed by atoms with Gasteiger partial charge in [-0.05, 0) is 40.7 Å². The molecular formula is C21H20N2O3S. The highest BCUT2D eigenvalue weighted by atomic mass is 32.1. The zero-order chi connectivity index (χ0) is 18.7. The Hall–Kier alpha value is -2.47. The highest BCUT2D eigenvalue weighted by molar-refractivity contribution is 7.17. The SMILES string of the molecule is CN(Cc1csc2ccccc12)C(=O)CN1C(=O)C2C3C=CC(C3)C2C1=O. The summed E-state index contributed by atoms with van der Waals surface area (Å²) in [4.78, 5) is 41.0. The molecule has 1 saturated carbocycles. The Morgan fingerprint density at radius 2 is 1.81 bits per heavy atom. The molecule has 3 amide bonds. The Kier molecular flexibility index (Phi) is 3.72. The molecule has 2 fully saturated rings. The van der Waals surface area contributed by atoms with Gasteiger partial charge in [-0.25, -0.2) is 0 Å². The molecule has 2 aromatic rings. The minimum atomic E-state index is -0.244. The van der Waals surface area contributed by atoms with Crippen LogP contribution in [-0.4, -0.2) is 41.1 Å². The van der Waals surface area contributed by atoms with Gasteiger partial charge in [-0.15, -0.1) is 11.3 Å². The maximum absolute atomic E-state index is 12.7. The van der Waals surface area contributed by atoms with Crippen molar-refractivity contribution in [3.05, 3.63) is 47.4 Å². The third kappa shape index (κ3) is 2.46. The minimum Gasteiger partial charge on any atom is -0.340 e. The fourth-order valence-electron chi connectivity index (χ4n) is 4.87. The molecule has 0 N–H and O–H groups in total. The van der Waals surface area contributed by atoms with E-state index >= 15 is 0 Å². The molecular weight excluding hydrogens is 360 g/mol. The number of benzene rings is 1. The van der Waals surface area contributed by atoms with Crippen molar-refractivity contribution >= 4 is 39.1 Å². The molecule has 3 aliphatic rings. The lowest BCUT2D eigenvalue weighted by molar-refractivity contribution is -0.146. The molecule has 6 heteroatoms. The topological polar surface area (TPSA) is 57.7 Å². The summed E-state index contributed by atoms with van der Waals surface area (Å²) in [6.07, 6.45) is 5.03. The predicted molar refractivity (Wildman–Crippen MR) is 103 cm³/mol. The molecule has 0 radical (unpaired) electrons. The highest BCUT2D eigenvalue weighted by Crippen LogP contribution is 2.52. The monoisotopic (exact) mass is 380 g/mol. The normalized spacial score (nSPS) is 28.4. The number of allylic oxidation sites excluding steroid dienone is 2. The second kappa shape index (κ2) is 6.02. The molecule has 2 aliphatic carbocycles. The highest BCUT2D eigenvalue weighted by Gasteiger charge is 2.59. The van der Waals surface area contributed by atoms with Gasteiger partial charge in [-0.1, -0.05) is 30.4 Å². The van der Waals surface area contributed by atoms with Gasteiger partial charge in [0.15, 0.2) is 0 Å². The summed E-state index contributed by atoms with van der Waals surface area (Å²) in [5.74, 6) is -0.669. The summed E-state index contributed by atoms with van der Waals surface area (Å²) in [5.41, 5.74) is 1.09. The van der Waals surface area contributed by atoms with Crippen LogP contribution in [0.1, 0.15) is 12.0 Å². The van der Waals surface area contributed by atoms with Gasteiger partial charge in [0.05, 0.1) is 11.8 Å². The van der Waals surface area contributed by atoms with Crippen LogP contribution in [0.2, 0.25) is 0 Å². The van der Waals surface area contributed by atoms with Crippen molar-refractivity contribution in [1.82, 2.24) is 9.80 Å². The largest absolute Gasteiger partial charge is 0.340 e. The summed E-state index contributed by atoms with van der Waals surface area (Å²) in [7, 11) is 1.73. The lowest BCUT2D eigenvalue weighted by Crippen LogP contribution is -2.42. The number of carbonyl (C=O) groups is 3. The van der Waals surface area contributed by atoms with Gasteiger partial charge in [0.25, 0.3) is 0 Å². The summed E-state index contributed by atoms with van der Waals surface area (Å²) in [5, 5.41) is 3.21. The van der Waals surface area contributed by atoms with Crippen molar-refractivity contribution in [2.45, 2.75) is 13.0 Å². The van der Waals surface area contributed by atoms with Gasteiger partial charge in [0.2, 0.25) is 17.7 Å². The number of carbonyl (C=O) groups excluding carboxylic acids is 3. The van der Waals surface area contributed by atoms with Crippen LogP contribution in [0, 0.1) is 23.7 Å². The molecule has 0 spiro atoms. The van der Waals surface area contributed by atoms with E-state index in [1.165, 1.54) is 9.60 Å². The zero-order valence-electron chi connectivity index (χ0n) is 15.0. The van der Waals surface area contributed by atoms with E-state index in [1.54, 1.807) is 23.3 Å². The van der Waals surface area contributed by atoms with Crippen LogP contribution < -0.4 is 0 Å². The summed E-state index contributed by atoms with van der Waals surface area (Å²) in [6, 6.07) is 8.11. The molecule has 27 heavy (non-hydrogen) atoms. The van der Waals surface area contributed by atoms with Gasteiger partial charge in [0.1, 0.15) is 6.54 Å².